The Bertz CT molecular complexity index is 1120. The lowest BCUT2D eigenvalue weighted by atomic mass is 9.88. The fraction of sp³-hybridized carbons (Fsp3) is 0.333. The van der Waals surface area contributed by atoms with Crippen molar-refractivity contribution in [2.75, 3.05) is 0 Å². The van der Waals surface area contributed by atoms with Crippen LogP contribution in [0.5, 0.6) is 0 Å². The number of hydrogen-bond donors (Lipinski definition) is 1. The van der Waals surface area contributed by atoms with Crippen molar-refractivity contribution >= 4 is 35.0 Å². The van der Waals surface area contributed by atoms with Gasteiger partial charge in [0.2, 0.25) is 11.8 Å². The molecule has 1 saturated carbocycles. The number of rotatable bonds is 9. The number of nitrogens with one attached hydrogen (secondary N) is 1. The highest BCUT2D eigenvalue weighted by molar-refractivity contribution is 6.35. The quantitative estimate of drug-likeness (QED) is 0.329. The maximum absolute atomic E-state index is 13.9. The first-order valence-electron chi connectivity index (χ1n) is 12.6. The maximum atomic E-state index is 13.9. The molecule has 36 heavy (non-hydrogen) atoms. The zero-order chi connectivity index (χ0) is 25.5. The van der Waals surface area contributed by atoms with Gasteiger partial charge in [-0.2, -0.15) is 0 Å². The molecule has 0 aliphatic heterocycles. The molecule has 0 aromatic heterocycles. The van der Waals surface area contributed by atoms with E-state index in [2.05, 4.69) is 5.32 Å². The Morgan fingerprint density at radius 1 is 0.917 bits per heavy atom. The topological polar surface area (TPSA) is 49.4 Å². The minimum atomic E-state index is -0.642. The van der Waals surface area contributed by atoms with Gasteiger partial charge in [0.1, 0.15) is 6.04 Å². The average molecular weight is 524 g/mol. The molecule has 1 atom stereocenters. The Kier molecular flexibility index (Phi) is 9.06. The monoisotopic (exact) mass is 522 g/mol. The SMILES string of the molecule is CC(C(=O)NC1CCCC1)N(Cc1ccc(Cl)cc1Cl)C(=O)CC(c1ccccc1)c1ccccc1. The number of benzene rings is 3. The van der Waals surface area contributed by atoms with Gasteiger partial charge in [-0.25, -0.2) is 0 Å². The first kappa shape index (κ1) is 26.2. The Morgan fingerprint density at radius 3 is 2.06 bits per heavy atom. The number of hydrogen-bond acceptors (Lipinski definition) is 2. The lowest BCUT2D eigenvalue weighted by Crippen LogP contribution is -2.49. The Morgan fingerprint density at radius 2 is 1.50 bits per heavy atom. The minimum Gasteiger partial charge on any atom is -0.352 e. The van der Waals surface area contributed by atoms with E-state index in [9.17, 15) is 9.59 Å². The molecular formula is C30H32Cl2N2O2. The normalized spacial score (nSPS) is 14.6. The molecule has 4 rings (SSSR count). The molecular weight excluding hydrogens is 491 g/mol. The largest absolute Gasteiger partial charge is 0.352 e. The second kappa shape index (κ2) is 12.4. The van der Waals surface area contributed by atoms with Gasteiger partial charge in [0.25, 0.3) is 0 Å². The van der Waals surface area contributed by atoms with Crippen molar-refractivity contribution in [2.45, 2.75) is 63.6 Å². The third kappa shape index (κ3) is 6.68. The predicted octanol–water partition coefficient (Wildman–Crippen LogP) is 6.99. The van der Waals surface area contributed by atoms with Crippen molar-refractivity contribution < 1.29 is 9.59 Å². The molecule has 1 aliphatic rings. The molecule has 0 saturated heterocycles. The third-order valence-corrected chi connectivity index (χ3v) is 7.59. The van der Waals surface area contributed by atoms with Gasteiger partial charge in [0, 0.05) is 35.0 Å². The van der Waals surface area contributed by atoms with Crippen LogP contribution in [0.3, 0.4) is 0 Å². The molecule has 0 bridgehead atoms. The number of carbonyl (C=O) groups excluding carboxylic acids is 2. The summed E-state index contributed by atoms with van der Waals surface area (Å²) in [5.74, 6) is -0.364. The van der Waals surface area contributed by atoms with Gasteiger partial charge in [0.15, 0.2) is 0 Å². The fourth-order valence-electron chi connectivity index (χ4n) is 4.90. The lowest BCUT2D eigenvalue weighted by Gasteiger charge is -2.31. The summed E-state index contributed by atoms with van der Waals surface area (Å²) in [7, 11) is 0. The van der Waals surface area contributed by atoms with E-state index < -0.39 is 6.04 Å². The van der Waals surface area contributed by atoms with Gasteiger partial charge >= 0.3 is 0 Å². The molecule has 2 amide bonds. The summed E-state index contributed by atoms with van der Waals surface area (Å²) in [5.41, 5.74) is 2.88. The molecule has 3 aromatic rings. The lowest BCUT2D eigenvalue weighted by molar-refractivity contribution is -0.141. The van der Waals surface area contributed by atoms with Gasteiger partial charge < -0.3 is 10.2 Å². The average Bonchev–Trinajstić information content (AvgIpc) is 3.40. The zero-order valence-corrected chi connectivity index (χ0v) is 22.0. The van der Waals surface area contributed by atoms with Crippen molar-refractivity contribution in [3.8, 4) is 0 Å². The van der Waals surface area contributed by atoms with Gasteiger partial charge in [-0.3, -0.25) is 9.59 Å². The summed E-state index contributed by atoms with van der Waals surface area (Å²) >= 11 is 12.6. The second-order valence-electron chi connectivity index (χ2n) is 9.50. The highest BCUT2D eigenvalue weighted by Crippen LogP contribution is 2.30. The molecule has 1 fully saturated rings. The highest BCUT2D eigenvalue weighted by atomic mass is 35.5. The van der Waals surface area contributed by atoms with E-state index in [0.29, 0.717) is 10.0 Å². The van der Waals surface area contributed by atoms with E-state index in [1.54, 1.807) is 24.0 Å². The standard InChI is InChI=1S/C30H32Cl2N2O2/c1-21(30(36)33-26-14-8-9-15-26)34(20-24-16-17-25(31)18-28(24)32)29(35)19-27(22-10-4-2-5-11-22)23-12-6-3-7-13-23/h2-7,10-13,16-18,21,26-27H,8-9,14-15,19-20H2,1H3,(H,33,36). The number of amides is 2. The molecule has 0 spiro atoms. The molecule has 6 heteroatoms. The van der Waals surface area contributed by atoms with Crippen LogP contribution in [0.1, 0.15) is 61.6 Å². The predicted molar refractivity (Wildman–Crippen MR) is 146 cm³/mol. The van der Waals surface area contributed by atoms with Gasteiger partial charge in [0.05, 0.1) is 0 Å². The summed E-state index contributed by atoms with van der Waals surface area (Å²) < 4.78 is 0. The van der Waals surface area contributed by atoms with Crippen LogP contribution >= 0.6 is 23.2 Å². The van der Waals surface area contributed by atoms with E-state index in [1.165, 1.54) is 0 Å². The van der Waals surface area contributed by atoms with Gasteiger partial charge in [-0.15, -0.1) is 0 Å². The molecule has 1 N–H and O–H groups in total. The van der Waals surface area contributed by atoms with Crippen LogP contribution < -0.4 is 5.32 Å². The van der Waals surface area contributed by atoms with Gasteiger partial charge in [-0.05, 0) is 48.6 Å². The van der Waals surface area contributed by atoms with E-state index in [1.807, 2.05) is 66.7 Å². The van der Waals surface area contributed by atoms with E-state index in [4.69, 9.17) is 23.2 Å². The van der Waals surface area contributed by atoms with Crippen LogP contribution in [-0.2, 0) is 16.1 Å². The molecule has 1 aliphatic carbocycles. The van der Waals surface area contributed by atoms with Crippen LogP contribution in [0.4, 0.5) is 0 Å². The molecule has 1 unspecified atom stereocenters. The Balaban J connectivity index is 1.62. The molecule has 0 heterocycles. The van der Waals surface area contributed by atoms with Crippen LogP contribution in [0.15, 0.2) is 78.9 Å². The zero-order valence-electron chi connectivity index (χ0n) is 20.5. The first-order chi connectivity index (χ1) is 17.4. The summed E-state index contributed by atoms with van der Waals surface area (Å²) in [5, 5.41) is 4.16. The molecule has 4 nitrogen and oxygen atoms in total. The number of halogens is 2. The van der Waals surface area contributed by atoms with Crippen LogP contribution in [-0.4, -0.2) is 28.8 Å². The maximum Gasteiger partial charge on any atom is 0.242 e. The minimum absolute atomic E-state index is 0.104. The Labute approximate surface area is 223 Å². The summed E-state index contributed by atoms with van der Waals surface area (Å²) in [6.07, 6.45) is 4.45. The van der Waals surface area contributed by atoms with Crippen molar-refractivity contribution in [2.24, 2.45) is 0 Å². The van der Waals surface area contributed by atoms with Crippen molar-refractivity contribution in [3.63, 3.8) is 0 Å². The summed E-state index contributed by atoms with van der Waals surface area (Å²) in [6.45, 7) is 2.02. The van der Waals surface area contributed by atoms with E-state index >= 15 is 0 Å². The summed E-state index contributed by atoms with van der Waals surface area (Å²) in [4.78, 5) is 28.8. The molecule has 0 radical (unpaired) electrons. The summed E-state index contributed by atoms with van der Waals surface area (Å²) in [6, 6.07) is 24.8. The van der Waals surface area contributed by atoms with Crippen LogP contribution in [0.2, 0.25) is 10.0 Å². The van der Waals surface area contributed by atoms with Crippen molar-refractivity contribution in [3.05, 3.63) is 106 Å². The van der Waals surface area contributed by atoms with E-state index in [-0.39, 0.29) is 36.7 Å². The number of nitrogens with zero attached hydrogens (tertiary/aromatic N) is 1. The fourth-order valence-corrected chi connectivity index (χ4v) is 5.37. The van der Waals surface area contributed by atoms with Gasteiger partial charge in [-0.1, -0.05) is 103 Å². The number of carbonyl (C=O) groups is 2. The smallest absolute Gasteiger partial charge is 0.242 e. The van der Waals surface area contributed by atoms with E-state index in [0.717, 1.165) is 42.4 Å². The highest BCUT2D eigenvalue weighted by Gasteiger charge is 2.31. The van der Waals surface area contributed by atoms with Crippen molar-refractivity contribution in [1.82, 2.24) is 10.2 Å². The second-order valence-corrected chi connectivity index (χ2v) is 10.3. The van der Waals surface area contributed by atoms with Crippen molar-refractivity contribution in [1.29, 1.82) is 0 Å². The van der Waals surface area contributed by atoms with Crippen LogP contribution in [0.25, 0.3) is 0 Å². The first-order valence-corrected chi connectivity index (χ1v) is 13.3. The molecule has 3 aromatic carbocycles. The Hall–Kier alpha value is -2.82. The van der Waals surface area contributed by atoms with Crippen LogP contribution in [0, 0.1) is 0 Å². The molecule has 188 valence electrons. The third-order valence-electron chi connectivity index (χ3n) is 7.01.